The first kappa shape index (κ1) is 27.0. The van der Waals surface area contributed by atoms with Crippen LogP contribution in [0.5, 0.6) is 5.75 Å². The number of ether oxygens (including phenoxy) is 1. The molecule has 1 aromatic heterocycles. The molecule has 0 spiro atoms. The monoisotopic (exact) mass is 480 g/mol. The summed E-state index contributed by atoms with van der Waals surface area (Å²) < 4.78 is 5.73. The van der Waals surface area contributed by atoms with Gasteiger partial charge in [-0.05, 0) is 54.0 Å². The summed E-state index contributed by atoms with van der Waals surface area (Å²) >= 11 is 0. The molecule has 1 aliphatic carbocycles. The number of fused-ring (bicyclic) bond motifs is 4. The summed E-state index contributed by atoms with van der Waals surface area (Å²) in [6, 6.07) is 6.29. The molecule has 10 atom stereocenters. The van der Waals surface area contributed by atoms with E-state index in [9.17, 15) is 20.4 Å². The number of aromatic nitrogens is 1. The van der Waals surface area contributed by atoms with Crippen LogP contribution in [-0.4, -0.2) is 87.2 Å². The van der Waals surface area contributed by atoms with Crippen molar-refractivity contribution < 1.29 is 49.1 Å². The average Bonchev–Trinajstić information content (AvgIpc) is 3.18. The quantitative estimate of drug-likeness (QED) is 0.265. The number of piperidine rings is 2. The van der Waals surface area contributed by atoms with Crippen molar-refractivity contribution >= 4 is 10.9 Å². The molecular weight excluding hydrogens is 443 g/mol. The summed E-state index contributed by atoms with van der Waals surface area (Å²) in [5, 5.41) is 49.5. The minimum atomic E-state index is -1.67. The maximum Gasteiger partial charge on any atom is 1.00 e. The van der Waals surface area contributed by atoms with Crippen molar-refractivity contribution in [1.29, 1.82) is 0 Å². The smallest absolute Gasteiger partial charge is 0.660 e. The molecule has 2 aromatic rings. The maximum absolute atomic E-state index is 10.2. The number of hydrogen-bond acceptors (Lipinski definition) is 7. The van der Waals surface area contributed by atoms with Gasteiger partial charge in [-0.2, -0.15) is 5.69 Å². The zero-order valence-corrected chi connectivity index (χ0v) is 20.9. The van der Waals surface area contributed by atoms with Gasteiger partial charge in [0.05, 0.1) is 6.61 Å². The number of benzene rings is 1. The second-order valence-corrected chi connectivity index (χ2v) is 10.5. The van der Waals surface area contributed by atoms with Crippen LogP contribution in [-0.2, 0) is 6.42 Å². The Labute approximate surface area is 218 Å². The van der Waals surface area contributed by atoms with Gasteiger partial charge in [0.25, 0.3) is 0 Å². The number of aliphatic hydroxyl groups is 5. The fraction of sp³-hybridized carbons (Fsp3) is 0.692. The standard InChI is InChI=1S/C26H37N2O6.Li/c1-3-16-13(2)14-8-19-23-17(6-7-28(10-14)24(16)19)18-9-15(4-5-20(18)27-23)34-12-22(31)26(33)25(32)21(30)11-29;/h4-5,9,13-14,16,19,21-22,24-26,29-33H,3,6-8,10-12H2,1-2H3;/q-1;+1/t13-,14?,16-,19-,21+,22-,24?,25+,26+;/m0./s1. The topological polar surface area (TPSA) is 128 Å². The van der Waals surface area contributed by atoms with E-state index in [-0.39, 0.29) is 25.5 Å². The average molecular weight is 481 g/mol. The molecule has 5 N–H and O–H groups in total. The summed E-state index contributed by atoms with van der Waals surface area (Å²) in [6.07, 6.45) is -2.87. The fourth-order valence-electron chi connectivity index (χ4n) is 6.90. The Morgan fingerprint density at radius 3 is 2.60 bits per heavy atom. The van der Waals surface area contributed by atoms with Crippen molar-refractivity contribution in [2.24, 2.45) is 17.8 Å². The van der Waals surface area contributed by atoms with Crippen LogP contribution in [0, 0.1) is 17.8 Å². The van der Waals surface area contributed by atoms with Crippen LogP contribution >= 0.6 is 0 Å². The molecular formula is C26H37LiN2O6. The van der Waals surface area contributed by atoms with Gasteiger partial charge in [-0.25, -0.2) is 0 Å². The summed E-state index contributed by atoms with van der Waals surface area (Å²) in [5.74, 6) is 3.25. The van der Waals surface area contributed by atoms with Crippen LogP contribution in [0.25, 0.3) is 10.9 Å². The van der Waals surface area contributed by atoms with Crippen molar-refractivity contribution in [3.8, 4) is 5.75 Å². The van der Waals surface area contributed by atoms with E-state index in [4.69, 9.17) is 14.8 Å². The van der Waals surface area contributed by atoms with Crippen molar-refractivity contribution in [2.75, 3.05) is 26.3 Å². The first-order valence-electron chi connectivity index (χ1n) is 12.6. The van der Waals surface area contributed by atoms with Crippen molar-refractivity contribution in [1.82, 2.24) is 9.88 Å². The number of nitrogens with zero attached hydrogens (tertiary/aromatic N) is 2. The SMILES string of the molecule is CC[C@@H]1C2[C@H]3CC(CN2CCc2c3[n-]c3ccc(OC[C@H](O)[C@@H](O)[C@H](O)[C@H](O)CO)cc23)[C@@H]1C.[Li+]. The van der Waals surface area contributed by atoms with Gasteiger partial charge in [0.15, 0.2) is 0 Å². The molecule has 3 fully saturated rings. The van der Waals surface area contributed by atoms with Gasteiger partial charge >= 0.3 is 18.9 Å². The third kappa shape index (κ3) is 4.69. The minimum Gasteiger partial charge on any atom is -0.660 e. The third-order valence-electron chi connectivity index (χ3n) is 8.78. The second kappa shape index (κ2) is 10.7. The van der Waals surface area contributed by atoms with Crippen molar-refractivity contribution in [3.05, 3.63) is 29.5 Å². The Bertz CT molecular complexity index is 1020. The zero-order valence-electron chi connectivity index (χ0n) is 20.9. The van der Waals surface area contributed by atoms with E-state index in [2.05, 4.69) is 18.7 Å². The van der Waals surface area contributed by atoms with E-state index in [0.29, 0.717) is 17.7 Å². The first-order chi connectivity index (χ1) is 16.3. The summed E-state index contributed by atoms with van der Waals surface area (Å²) in [6.45, 7) is 6.04. The molecule has 35 heavy (non-hydrogen) atoms. The van der Waals surface area contributed by atoms with E-state index in [1.165, 1.54) is 30.6 Å². The summed E-state index contributed by atoms with van der Waals surface area (Å²) in [7, 11) is 0. The second-order valence-electron chi connectivity index (χ2n) is 10.5. The maximum atomic E-state index is 10.2. The molecule has 6 rings (SSSR count). The molecule has 4 heterocycles. The predicted octanol–water partition coefficient (Wildman–Crippen LogP) is -2.38. The Hall–Kier alpha value is -1.08. The van der Waals surface area contributed by atoms with Crippen LogP contribution in [0.1, 0.15) is 43.9 Å². The van der Waals surface area contributed by atoms with Gasteiger partial charge in [-0.3, -0.25) is 4.90 Å². The third-order valence-corrected chi connectivity index (χ3v) is 8.78. The van der Waals surface area contributed by atoms with E-state index < -0.39 is 31.0 Å². The van der Waals surface area contributed by atoms with Crippen LogP contribution in [0.2, 0.25) is 0 Å². The van der Waals surface area contributed by atoms with Crippen molar-refractivity contribution in [3.63, 3.8) is 0 Å². The predicted molar refractivity (Wildman–Crippen MR) is 127 cm³/mol. The van der Waals surface area contributed by atoms with Crippen LogP contribution in [0.15, 0.2) is 18.2 Å². The molecule has 0 amide bonds. The first-order valence-corrected chi connectivity index (χ1v) is 12.6. The molecule has 8 nitrogen and oxygen atoms in total. The molecule has 188 valence electrons. The van der Waals surface area contributed by atoms with E-state index in [1.807, 2.05) is 18.2 Å². The van der Waals surface area contributed by atoms with E-state index >= 15 is 0 Å². The largest absolute Gasteiger partial charge is 1.00 e. The molecule has 3 unspecified atom stereocenters. The molecule has 3 aliphatic heterocycles. The van der Waals surface area contributed by atoms with E-state index in [1.54, 1.807) is 0 Å². The zero-order chi connectivity index (χ0) is 24.1. The molecule has 2 saturated heterocycles. The number of hydrogen-bond donors (Lipinski definition) is 5. The van der Waals surface area contributed by atoms with Crippen LogP contribution in [0.3, 0.4) is 0 Å². The Balaban J connectivity index is 0.00000289. The Kier molecular flexibility index (Phi) is 8.26. The Morgan fingerprint density at radius 2 is 1.89 bits per heavy atom. The Morgan fingerprint density at radius 1 is 1.14 bits per heavy atom. The van der Waals surface area contributed by atoms with Crippen LogP contribution < -0.4 is 28.6 Å². The van der Waals surface area contributed by atoms with Gasteiger partial charge in [-0.15, -0.1) is 5.52 Å². The van der Waals surface area contributed by atoms with Gasteiger partial charge < -0.3 is 35.3 Å². The van der Waals surface area contributed by atoms with E-state index in [0.717, 1.165) is 41.6 Å². The number of rotatable bonds is 8. The summed E-state index contributed by atoms with van der Waals surface area (Å²) in [4.78, 5) is 7.82. The molecule has 4 aliphatic rings. The molecule has 1 saturated carbocycles. The molecule has 9 heteroatoms. The van der Waals surface area contributed by atoms with Gasteiger partial charge in [0.2, 0.25) is 0 Å². The van der Waals surface area contributed by atoms with Crippen LogP contribution in [0.4, 0.5) is 0 Å². The fourth-order valence-corrected chi connectivity index (χ4v) is 6.90. The molecule has 4 bridgehead atoms. The number of aliphatic hydroxyl groups excluding tert-OH is 5. The van der Waals surface area contributed by atoms with Gasteiger partial charge in [0, 0.05) is 19.1 Å². The minimum absolute atomic E-state index is 0. The molecule has 1 aromatic carbocycles. The van der Waals surface area contributed by atoms with Gasteiger partial charge in [-0.1, -0.05) is 31.9 Å². The van der Waals surface area contributed by atoms with Gasteiger partial charge in [0.1, 0.15) is 36.8 Å². The molecule has 0 radical (unpaired) electrons. The normalized spacial score (nSPS) is 32.8. The van der Waals surface area contributed by atoms with Crippen molar-refractivity contribution in [2.45, 2.75) is 69.5 Å². The summed E-state index contributed by atoms with van der Waals surface area (Å²) in [5.41, 5.74) is 3.53.